The molecule has 6 nitrogen and oxygen atoms in total. The van der Waals surface area contributed by atoms with Gasteiger partial charge in [-0.15, -0.1) is 0 Å². The van der Waals surface area contributed by atoms with Crippen molar-refractivity contribution in [3.8, 4) is 0 Å². The third-order valence-electron chi connectivity index (χ3n) is 12.3. The standard InChI is InChI=1S/C53H103NO5/c1-3-5-7-9-11-13-15-17-18-19-20-21-22-24-26-31-35-39-43-47-53(58)59-48-44-40-36-32-28-27-30-34-38-42-46-52(57)54-50(49-55)51(56)45-41-37-33-29-25-23-16-14-12-10-8-6-4-2/h28,32,50-51,55-56H,3-27,29-31,33-49H2,1-2H3,(H,54,57)/b32-28-. The van der Waals surface area contributed by atoms with Crippen LogP contribution >= 0.6 is 0 Å². The molecule has 0 aliphatic rings. The lowest BCUT2D eigenvalue weighted by atomic mass is 10.0. The van der Waals surface area contributed by atoms with Crippen molar-refractivity contribution in [3.63, 3.8) is 0 Å². The summed E-state index contributed by atoms with van der Waals surface area (Å²) in [6.45, 7) is 4.88. The smallest absolute Gasteiger partial charge is 0.305 e. The average molecular weight is 834 g/mol. The molecule has 59 heavy (non-hydrogen) atoms. The molecule has 0 aromatic rings. The number of nitrogens with one attached hydrogen (secondary N) is 1. The summed E-state index contributed by atoms with van der Waals surface area (Å²) in [5.74, 6) is -0.101. The van der Waals surface area contributed by atoms with E-state index in [0.29, 0.717) is 25.9 Å². The first kappa shape index (κ1) is 57.6. The molecule has 0 aromatic heterocycles. The zero-order valence-electron chi connectivity index (χ0n) is 39.7. The van der Waals surface area contributed by atoms with Crippen LogP contribution in [0.5, 0.6) is 0 Å². The molecule has 0 aliphatic carbocycles. The highest BCUT2D eigenvalue weighted by Crippen LogP contribution is 2.17. The van der Waals surface area contributed by atoms with E-state index < -0.39 is 12.1 Å². The van der Waals surface area contributed by atoms with E-state index in [4.69, 9.17) is 4.74 Å². The average Bonchev–Trinajstić information content (AvgIpc) is 3.24. The number of hydrogen-bond donors (Lipinski definition) is 3. The first-order chi connectivity index (χ1) is 29.0. The number of carbonyl (C=O) groups excluding carboxylic acids is 2. The Labute approximate surface area is 368 Å². The van der Waals surface area contributed by atoms with E-state index in [-0.39, 0.29) is 18.5 Å². The Kier molecular flexibility index (Phi) is 48.1. The summed E-state index contributed by atoms with van der Waals surface area (Å²) in [5.41, 5.74) is 0. The predicted molar refractivity (Wildman–Crippen MR) is 255 cm³/mol. The van der Waals surface area contributed by atoms with Gasteiger partial charge >= 0.3 is 5.97 Å². The summed E-state index contributed by atoms with van der Waals surface area (Å²) in [6, 6.07) is -0.565. The van der Waals surface area contributed by atoms with Crippen molar-refractivity contribution in [1.82, 2.24) is 5.32 Å². The van der Waals surface area contributed by atoms with Crippen LogP contribution in [0.2, 0.25) is 0 Å². The van der Waals surface area contributed by atoms with E-state index >= 15 is 0 Å². The van der Waals surface area contributed by atoms with Crippen LogP contribution in [0.3, 0.4) is 0 Å². The Balaban J connectivity index is 3.48. The predicted octanol–water partition coefficient (Wildman–Crippen LogP) is 15.7. The molecule has 1 amide bonds. The highest BCUT2D eigenvalue weighted by atomic mass is 16.5. The second kappa shape index (κ2) is 49.3. The maximum absolute atomic E-state index is 12.4. The molecule has 0 saturated heterocycles. The van der Waals surface area contributed by atoms with E-state index in [1.807, 2.05) is 0 Å². The number of ether oxygens (including phenoxy) is 1. The van der Waals surface area contributed by atoms with Crippen molar-refractivity contribution in [2.45, 2.75) is 302 Å². The minimum Gasteiger partial charge on any atom is -0.466 e. The van der Waals surface area contributed by atoms with Crippen LogP contribution in [0, 0.1) is 0 Å². The molecule has 6 heteroatoms. The number of aliphatic hydroxyl groups excluding tert-OH is 2. The molecule has 0 saturated carbocycles. The fraction of sp³-hybridized carbons (Fsp3) is 0.925. The van der Waals surface area contributed by atoms with Gasteiger partial charge in [0.15, 0.2) is 0 Å². The van der Waals surface area contributed by atoms with Gasteiger partial charge in [0.1, 0.15) is 0 Å². The fourth-order valence-corrected chi connectivity index (χ4v) is 8.22. The van der Waals surface area contributed by atoms with Crippen molar-refractivity contribution in [3.05, 3.63) is 12.2 Å². The molecule has 0 spiro atoms. The van der Waals surface area contributed by atoms with Crippen LogP contribution in [-0.2, 0) is 14.3 Å². The lowest BCUT2D eigenvalue weighted by molar-refractivity contribution is -0.143. The molecular formula is C53H103NO5. The lowest BCUT2D eigenvalue weighted by Crippen LogP contribution is -2.45. The Morgan fingerprint density at radius 2 is 0.797 bits per heavy atom. The number of rotatable bonds is 49. The van der Waals surface area contributed by atoms with Gasteiger partial charge in [-0.3, -0.25) is 9.59 Å². The summed E-state index contributed by atoms with van der Waals surface area (Å²) in [4.78, 5) is 24.5. The molecule has 0 heterocycles. The van der Waals surface area contributed by atoms with Crippen LogP contribution in [0.1, 0.15) is 290 Å². The van der Waals surface area contributed by atoms with E-state index in [0.717, 1.165) is 77.0 Å². The monoisotopic (exact) mass is 834 g/mol. The molecule has 0 fully saturated rings. The Morgan fingerprint density at radius 3 is 1.20 bits per heavy atom. The van der Waals surface area contributed by atoms with E-state index in [1.165, 1.54) is 180 Å². The van der Waals surface area contributed by atoms with E-state index in [2.05, 4.69) is 31.3 Å². The van der Waals surface area contributed by atoms with E-state index in [9.17, 15) is 19.8 Å². The number of aliphatic hydroxyl groups is 2. The van der Waals surface area contributed by atoms with Crippen LogP contribution in [0.4, 0.5) is 0 Å². The minimum absolute atomic E-state index is 0.0315. The van der Waals surface area contributed by atoms with Gasteiger partial charge in [-0.25, -0.2) is 0 Å². The van der Waals surface area contributed by atoms with Gasteiger partial charge in [0, 0.05) is 12.8 Å². The molecular weight excluding hydrogens is 731 g/mol. The van der Waals surface area contributed by atoms with Crippen LogP contribution in [0.25, 0.3) is 0 Å². The quantitative estimate of drug-likeness (QED) is 0.0322. The van der Waals surface area contributed by atoms with Crippen molar-refractivity contribution in [2.75, 3.05) is 13.2 Å². The third-order valence-corrected chi connectivity index (χ3v) is 12.3. The van der Waals surface area contributed by atoms with E-state index in [1.54, 1.807) is 0 Å². The third kappa shape index (κ3) is 45.9. The van der Waals surface area contributed by atoms with Crippen LogP contribution in [-0.4, -0.2) is 47.4 Å². The number of amides is 1. The lowest BCUT2D eigenvalue weighted by Gasteiger charge is -2.22. The molecule has 0 bridgehead atoms. The number of allylic oxidation sites excluding steroid dienone is 2. The highest BCUT2D eigenvalue weighted by Gasteiger charge is 2.20. The summed E-state index contributed by atoms with van der Waals surface area (Å²) >= 11 is 0. The molecule has 0 rings (SSSR count). The van der Waals surface area contributed by atoms with Gasteiger partial charge in [-0.05, 0) is 51.4 Å². The first-order valence-electron chi connectivity index (χ1n) is 26.4. The summed E-state index contributed by atoms with van der Waals surface area (Å²) < 4.78 is 5.45. The zero-order valence-corrected chi connectivity index (χ0v) is 39.7. The van der Waals surface area contributed by atoms with Crippen molar-refractivity contribution < 1.29 is 24.5 Å². The molecule has 0 aromatic carbocycles. The van der Waals surface area contributed by atoms with Gasteiger partial charge in [-0.1, -0.05) is 238 Å². The Bertz CT molecular complexity index is 878. The maximum atomic E-state index is 12.4. The molecule has 0 aliphatic heterocycles. The second-order valence-corrected chi connectivity index (χ2v) is 18.2. The van der Waals surface area contributed by atoms with Gasteiger partial charge in [0.25, 0.3) is 0 Å². The maximum Gasteiger partial charge on any atom is 0.305 e. The second-order valence-electron chi connectivity index (χ2n) is 18.2. The first-order valence-corrected chi connectivity index (χ1v) is 26.4. The Hall–Kier alpha value is -1.40. The largest absolute Gasteiger partial charge is 0.466 e. The molecule has 0 radical (unpaired) electrons. The topological polar surface area (TPSA) is 95.9 Å². The van der Waals surface area contributed by atoms with Gasteiger partial charge in [-0.2, -0.15) is 0 Å². The fourth-order valence-electron chi connectivity index (χ4n) is 8.22. The van der Waals surface area contributed by atoms with Gasteiger partial charge in [0.2, 0.25) is 5.91 Å². The molecule has 350 valence electrons. The zero-order chi connectivity index (χ0) is 43.0. The number of carbonyl (C=O) groups is 2. The molecule has 3 N–H and O–H groups in total. The summed E-state index contributed by atoms with van der Waals surface area (Å²) in [6.07, 6.45) is 56.2. The summed E-state index contributed by atoms with van der Waals surface area (Å²) in [7, 11) is 0. The van der Waals surface area contributed by atoms with Crippen molar-refractivity contribution >= 4 is 11.9 Å². The minimum atomic E-state index is -0.684. The molecule has 2 atom stereocenters. The van der Waals surface area contributed by atoms with Crippen LogP contribution in [0.15, 0.2) is 12.2 Å². The number of esters is 1. The van der Waals surface area contributed by atoms with Gasteiger partial charge in [0.05, 0.1) is 25.4 Å². The number of unbranched alkanes of at least 4 members (excludes halogenated alkanes) is 36. The summed E-state index contributed by atoms with van der Waals surface area (Å²) in [5, 5.41) is 23.2. The SMILES string of the molecule is CCCCCCCCCCCCCCCCCCCCCC(=O)OCCCC/C=C\CCCCCCC(=O)NC(CO)C(O)CCCCCCCCCCCCCCC. The van der Waals surface area contributed by atoms with Crippen LogP contribution < -0.4 is 5.32 Å². The van der Waals surface area contributed by atoms with Gasteiger partial charge < -0.3 is 20.3 Å². The molecule has 2 unspecified atom stereocenters. The van der Waals surface area contributed by atoms with Crippen molar-refractivity contribution in [2.24, 2.45) is 0 Å². The highest BCUT2D eigenvalue weighted by molar-refractivity contribution is 5.76. The number of hydrogen-bond acceptors (Lipinski definition) is 5. The van der Waals surface area contributed by atoms with Crippen molar-refractivity contribution in [1.29, 1.82) is 0 Å². The Morgan fingerprint density at radius 1 is 0.458 bits per heavy atom. The normalized spacial score (nSPS) is 12.7.